The average molecular weight is 379 g/mol. The topological polar surface area (TPSA) is 72.9 Å². The molecule has 0 N–H and O–H groups in total. The van der Waals surface area contributed by atoms with Gasteiger partial charge in [-0.2, -0.15) is 0 Å². The predicted molar refractivity (Wildman–Crippen MR) is 104 cm³/mol. The molecule has 1 aliphatic rings. The van der Waals surface area contributed by atoms with Crippen molar-refractivity contribution in [2.45, 2.75) is 25.9 Å². The number of hydrogen-bond donors (Lipinski definition) is 0. The highest BCUT2D eigenvalue weighted by Crippen LogP contribution is 2.25. The van der Waals surface area contributed by atoms with Gasteiger partial charge in [0.2, 0.25) is 5.60 Å². The van der Waals surface area contributed by atoms with Crippen LogP contribution in [0, 0.1) is 0 Å². The van der Waals surface area contributed by atoms with E-state index in [-0.39, 0.29) is 11.8 Å². The van der Waals surface area contributed by atoms with Gasteiger partial charge >= 0.3 is 5.97 Å². The number of rotatable bonds is 6. The molecular weight excluding hydrogens is 358 g/mol. The molecule has 0 radical (unpaired) electrons. The molecule has 1 atom stereocenters. The lowest BCUT2D eigenvalue weighted by molar-refractivity contribution is -0.157. The minimum Gasteiger partial charge on any atom is -0.476 e. The molecule has 0 saturated carbocycles. The van der Waals surface area contributed by atoms with Crippen molar-refractivity contribution in [3.63, 3.8) is 0 Å². The van der Waals surface area contributed by atoms with Gasteiger partial charge in [0.25, 0.3) is 11.8 Å². The Hall–Kier alpha value is -3.41. The fourth-order valence-electron chi connectivity index (χ4n) is 2.89. The van der Waals surface area contributed by atoms with E-state index >= 15 is 0 Å². The first-order valence-corrected chi connectivity index (χ1v) is 8.92. The molecule has 2 aromatic rings. The van der Waals surface area contributed by atoms with Crippen LogP contribution in [0.5, 0.6) is 5.75 Å². The second-order valence-electron chi connectivity index (χ2n) is 6.59. The van der Waals surface area contributed by atoms with E-state index in [0.717, 1.165) is 10.5 Å². The lowest BCUT2D eigenvalue weighted by Gasteiger charge is -2.26. The lowest BCUT2D eigenvalue weighted by atomic mass is 10.0. The summed E-state index contributed by atoms with van der Waals surface area (Å²) in [6, 6.07) is 13.7. The Balaban J connectivity index is 1.72. The van der Waals surface area contributed by atoms with Gasteiger partial charge in [-0.05, 0) is 49.2 Å². The highest BCUT2D eigenvalue weighted by atomic mass is 16.6. The maximum atomic E-state index is 12.4. The Morgan fingerprint density at radius 3 is 2.11 bits per heavy atom. The van der Waals surface area contributed by atoms with E-state index in [1.807, 2.05) is 6.92 Å². The van der Waals surface area contributed by atoms with Crippen molar-refractivity contribution in [1.29, 1.82) is 0 Å². The molecule has 6 nitrogen and oxygen atoms in total. The second kappa shape index (κ2) is 7.68. The fraction of sp³-hybridized carbons (Fsp3) is 0.227. The van der Waals surface area contributed by atoms with Gasteiger partial charge in [-0.1, -0.05) is 31.2 Å². The van der Waals surface area contributed by atoms with Gasteiger partial charge in [0.05, 0.1) is 18.2 Å². The zero-order chi connectivity index (χ0) is 20.3. The van der Waals surface area contributed by atoms with Crippen molar-refractivity contribution in [2.24, 2.45) is 0 Å². The van der Waals surface area contributed by atoms with Crippen molar-refractivity contribution < 1.29 is 23.9 Å². The predicted octanol–water partition coefficient (Wildman–Crippen LogP) is 3.67. The van der Waals surface area contributed by atoms with Crippen molar-refractivity contribution in [3.05, 3.63) is 71.4 Å². The third-order valence-electron chi connectivity index (χ3n) is 4.76. The van der Waals surface area contributed by atoms with Crippen molar-refractivity contribution in [1.82, 2.24) is 4.90 Å². The fourth-order valence-corrected chi connectivity index (χ4v) is 2.89. The van der Waals surface area contributed by atoms with Crippen LogP contribution in [0.4, 0.5) is 0 Å². The van der Waals surface area contributed by atoms with Gasteiger partial charge in [0.15, 0.2) is 0 Å². The third kappa shape index (κ3) is 3.53. The van der Waals surface area contributed by atoms with Gasteiger partial charge in [-0.15, -0.1) is 0 Å². The van der Waals surface area contributed by atoms with Crippen LogP contribution in [0.1, 0.15) is 46.5 Å². The SMILES string of the molecule is CC[C@](C)(Oc1ccc(/C=C/N2C(=O)c3ccccc3C2=O)cc1)C(=O)OC. The maximum absolute atomic E-state index is 12.4. The largest absolute Gasteiger partial charge is 0.476 e. The number of benzene rings is 2. The van der Waals surface area contributed by atoms with Gasteiger partial charge in [0.1, 0.15) is 5.75 Å². The molecule has 0 aromatic heterocycles. The number of imide groups is 1. The van der Waals surface area contributed by atoms with Gasteiger partial charge in [-0.3, -0.25) is 9.59 Å². The molecule has 2 aromatic carbocycles. The van der Waals surface area contributed by atoms with E-state index in [4.69, 9.17) is 9.47 Å². The van der Waals surface area contributed by atoms with E-state index in [1.54, 1.807) is 61.5 Å². The van der Waals surface area contributed by atoms with Crippen LogP contribution in [-0.4, -0.2) is 35.4 Å². The number of hydrogen-bond acceptors (Lipinski definition) is 5. The van der Waals surface area contributed by atoms with E-state index in [9.17, 15) is 14.4 Å². The first-order valence-electron chi connectivity index (χ1n) is 8.92. The summed E-state index contributed by atoms with van der Waals surface area (Å²) in [6.07, 6.45) is 3.59. The summed E-state index contributed by atoms with van der Waals surface area (Å²) in [7, 11) is 1.33. The van der Waals surface area contributed by atoms with Gasteiger partial charge in [0, 0.05) is 6.20 Å². The summed E-state index contributed by atoms with van der Waals surface area (Å²) in [5.74, 6) is -0.598. The van der Waals surface area contributed by atoms with Crippen LogP contribution in [0.3, 0.4) is 0 Å². The summed E-state index contributed by atoms with van der Waals surface area (Å²) in [6.45, 7) is 3.52. The maximum Gasteiger partial charge on any atom is 0.349 e. The molecule has 0 aliphatic carbocycles. The molecule has 6 heteroatoms. The van der Waals surface area contributed by atoms with Crippen LogP contribution in [0.2, 0.25) is 0 Å². The Kier molecular flexibility index (Phi) is 5.31. The molecule has 3 rings (SSSR count). The summed E-state index contributed by atoms with van der Waals surface area (Å²) in [5.41, 5.74) is 0.525. The minimum absolute atomic E-state index is 0.339. The minimum atomic E-state index is -1.06. The standard InChI is InChI=1S/C22H21NO5/c1-4-22(2,21(26)27-3)28-16-11-9-15(10-12-16)13-14-23-19(24)17-7-5-6-8-18(17)20(23)25/h5-14H,4H2,1-3H3/b14-13+/t22-/m0/s1. The molecule has 0 unspecified atom stereocenters. The van der Waals surface area contributed by atoms with Gasteiger partial charge < -0.3 is 9.47 Å². The molecule has 2 amide bonds. The lowest BCUT2D eigenvalue weighted by Crippen LogP contribution is -2.41. The van der Waals surface area contributed by atoms with E-state index < -0.39 is 11.6 Å². The summed E-state index contributed by atoms with van der Waals surface area (Å²) < 4.78 is 10.6. The number of fused-ring (bicyclic) bond motifs is 1. The quantitative estimate of drug-likeness (QED) is 0.566. The highest BCUT2D eigenvalue weighted by Gasteiger charge is 2.35. The average Bonchev–Trinajstić information content (AvgIpc) is 2.97. The van der Waals surface area contributed by atoms with Crippen molar-refractivity contribution in [3.8, 4) is 5.75 Å². The van der Waals surface area contributed by atoms with Crippen LogP contribution in [0.25, 0.3) is 6.08 Å². The Morgan fingerprint density at radius 2 is 1.61 bits per heavy atom. The molecule has 144 valence electrons. The number of carbonyl (C=O) groups is 3. The molecule has 1 aliphatic heterocycles. The zero-order valence-electron chi connectivity index (χ0n) is 16.0. The second-order valence-corrected chi connectivity index (χ2v) is 6.59. The molecule has 0 spiro atoms. The van der Waals surface area contributed by atoms with Crippen LogP contribution >= 0.6 is 0 Å². The van der Waals surface area contributed by atoms with Crippen molar-refractivity contribution in [2.75, 3.05) is 7.11 Å². The Bertz CT molecular complexity index is 913. The number of methoxy groups -OCH3 is 1. The normalized spacial score (nSPS) is 15.5. The Labute approximate surface area is 163 Å². The van der Waals surface area contributed by atoms with E-state index in [2.05, 4.69) is 0 Å². The first kappa shape index (κ1) is 19.4. The van der Waals surface area contributed by atoms with Gasteiger partial charge in [-0.25, -0.2) is 9.69 Å². The van der Waals surface area contributed by atoms with Crippen LogP contribution in [0.15, 0.2) is 54.7 Å². The smallest absolute Gasteiger partial charge is 0.349 e. The summed E-state index contributed by atoms with van der Waals surface area (Å²) >= 11 is 0. The monoisotopic (exact) mass is 379 g/mol. The highest BCUT2D eigenvalue weighted by molar-refractivity contribution is 6.22. The van der Waals surface area contributed by atoms with Crippen LogP contribution in [-0.2, 0) is 9.53 Å². The number of nitrogens with zero attached hydrogens (tertiary/aromatic N) is 1. The molecule has 28 heavy (non-hydrogen) atoms. The zero-order valence-corrected chi connectivity index (χ0v) is 16.0. The summed E-state index contributed by atoms with van der Waals surface area (Å²) in [4.78, 5) is 37.7. The first-order chi connectivity index (χ1) is 13.4. The summed E-state index contributed by atoms with van der Waals surface area (Å²) in [5, 5.41) is 0. The molecule has 0 fully saturated rings. The van der Waals surface area contributed by atoms with E-state index in [1.165, 1.54) is 13.3 Å². The molecule has 0 saturated heterocycles. The number of carbonyl (C=O) groups excluding carboxylic acids is 3. The van der Waals surface area contributed by atoms with Crippen LogP contribution < -0.4 is 4.74 Å². The Morgan fingerprint density at radius 1 is 1.04 bits per heavy atom. The third-order valence-corrected chi connectivity index (χ3v) is 4.76. The molecule has 1 heterocycles. The van der Waals surface area contributed by atoms with Crippen molar-refractivity contribution >= 4 is 23.9 Å². The molecule has 0 bridgehead atoms. The van der Waals surface area contributed by atoms with E-state index in [0.29, 0.717) is 23.3 Å². The number of ether oxygens (including phenoxy) is 2. The number of esters is 1. The number of amides is 2. The molecular formula is C22H21NO5.